The lowest BCUT2D eigenvalue weighted by Crippen LogP contribution is -2.46. The smallest absolute Gasteiger partial charge is 0.213 e. The lowest BCUT2D eigenvalue weighted by atomic mass is 10.1. The molecule has 0 aromatic carbocycles. The fourth-order valence-corrected chi connectivity index (χ4v) is 5.05. The SMILES string of the molecule is CCNC(=NCCS(=O)(=O)NCC1CCCCO1)N1CCC(N2CCOCC2)C1. The molecule has 0 aromatic rings. The van der Waals surface area contributed by atoms with Gasteiger partial charge in [-0.05, 0) is 32.6 Å². The van der Waals surface area contributed by atoms with E-state index in [0.717, 1.165) is 84.2 Å². The Hall–Kier alpha value is -0.940. The van der Waals surface area contributed by atoms with Gasteiger partial charge in [-0.2, -0.15) is 0 Å². The highest BCUT2D eigenvalue weighted by Crippen LogP contribution is 2.17. The Morgan fingerprint density at radius 1 is 1.14 bits per heavy atom. The van der Waals surface area contributed by atoms with E-state index in [9.17, 15) is 8.42 Å². The standard InChI is InChI=1S/C19H37N5O4S/c1-2-20-19(24-8-6-17(16-24)23-9-12-27-13-10-23)21-7-14-29(25,26)22-15-18-5-3-4-11-28-18/h17-18,22H,2-16H2,1H3,(H,20,21). The molecule has 10 heteroatoms. The Kier molecular flexibility index (Phi) is 8.98. The molecule has 3 heterocycles. The molecule has 9 nitrogen and oxygen atoms in total. The van der Waals surface area contributed by atoms with Crippen LogP contribution in [0.1, 0.15) is 32.6 Å². The van der Waals surface area contributed by atoms with E-state index in [-0.39, 0.29) is 18.4 Å². The molecule has 29 heavy (non-hydrogen) atoms. The first-order chi connectivity index (χ1) is 14.1. The van der Waals surface area contributed by atoms with Gasteiger partial charge >= 0.3 is 0 Å². The molecule has 0 radical (unpaired) electrons. The van der Waals surface area contributed by atoms with Crippen LogP contribution in [0.5, 0.6) is 0 Å². The van der Waals surface area contributed by atoms with Crippen LogP contribution in [0.15, 0.2) is 4.99 Å². The minimum Gasteiger partial charge on any atom is -0.379 e. The normalized spacial score (nSPS) is 27.3. The molecule has 3 fully saturated rings. The van der Waals surface area contributed by atoms with Crippen LogP contribution in [0, 0.1) is 0 Å². The lowest BCUT2D eigenvalue weighted by Gasteiger charge is -2.32. The van der Waals surface area contributed by atoms with Gasteiger partial charge in [0.25, 0.3) is 0 Å². The fraction of sp³-hybridized carbons (Fsp3) is 0.947. The number of guanidine groups is 1. The molecular formula is C19H37N5O4S. The third kappa shape index (κ3) is 7.36. The molecule has 0 amide bonds. The molecule has 2 unspecified atom stereocenters. The van der Waals surface area contributed by atoms with Crippen molar-refractivity contribution in [2.75, 3.05) is 71.4 Å². The number of nitrogens with one attached hydrogen (secondary N) is 2. The predicted octanol–water partition coefficient (Wildman–Crippen LogP) is -0.153. The topological polar surface area (TPSA) is 95.5 Å². The summed E-state index contributed by atoms with van der Waals surface area (Å²) in [6, 6.07) is 0.517. The van der Waals surface area contributed by atoms with Crippen molar-refractivity contribution in [3.8, 4) is 0 Å². The number of rotatable bonds is 8. The Morgan fingerprint density at radius 3 is 2.69 bits per heavy atom. The minimum atomic E-state index is -3.35. The third-order valence-corrected chi connectivity index (χ3v) is 7.11. The molecule has 2 N–H and O–H groups in total. The maximum absolute atomic E-state index is 12.3. The summed E-state index contributed by atoms with van der Waals surface area (Å²) in [5, 5.41) is 3.32. The Morgan fingerprint density at radius 2 is 1.97 bits per heavy atom. The van der Waals surface area contributed by atoms with Gasteiger partial charge in [-0.25, -0.2) is 13.1 Å². The summed E-state index contributed by atoms with van der Waals surface area (Å²) < 4.78 is 38.3. The summed E-state index contributed by atoms with van der Waals surface area (Å²) in [6.45, 7) is 9.60. The van der Waals surface area contributed by atoms with Gasteiger partial charge in [0.15, 0.2) is 5.96 Å². The molecule has 0 spiro atoms. The van der Waals surface area contributed by atoms with E-state index in [1.54, 1.807) is 0 Å². The zero-order chi connectivity index (χ0) is 20.5. The molecule has 3 aliphatic rings. The average molecular weight is 432 g/mol. The first-order valence-corrected chi connectivity index (χ1v) is 12.7. The van der Waals surface area contributed by atoms with Crippen LogP contribution in [-0.2, 0) is 19.5 Å². The van der Waals surface area contributed by atoms with Crippen LogP contribution >= 0.6 is 0 Å². The molecule has 3 saturated heterocycles. The second-order valence-electron chi connectivity index (χ2n) is 7.93. The predicted molar refractivity (Wildman–Crippen MR) is 114 cm³/mol. The zero-order valence-electron chi connectivity index (χ0n) is 17.6. The summed E-state index contributed by atoms with van der Waals surface area (Å²) in [4.78, 5) is 9.34. The minimum absolute atomic E-state index is 0.000987. The van der Waals surface area contributed by atoms with Crippen molar-refractivity contribution in [2.45, 2.75) is 44.8 Å². The van der Waals surface area contributed by atoms with Crippen molar-refractivity contribution in [1.29, 1.82) is 0 Å². The van der Waals surface area contributed by atoms with Gasteiger partial charge < -0.3 is 19.7 Å². The third-order valence-electron chi connectivity index (χ3n) is 5.79. The molecule has 0 aromatic heterocycles. The van der Waals surface area contributed by atoms with Crippen LogP contribution in [0.3, 0.4) is 0 Å². The van der Waals surface area contributed by atoms with Gasteiger partial charge in [-0.3, -0.25) is 9.89 Å². The van der Waals surface area contributed by atoms with E-state index >= 15 is 0 Å². The molecule has 2 atom stereocenters. The highest BCUT2D eigenvalue weighted by atomic mass is 32.2. The number of hydrogen-bond donors (Lipinski definition) is 2. The number of nitrogens with zero attached hydrogens (tertiary/aromatic N) is 3. The van der Waals surface area contributed by atoms with Crippen molar-refractivity contribution < 1.29 is 17.9 Å². The summed E-state index contributed by atoms with van der Waals surface area (Å²) in [6.07, 6.45) is 4.19. The number of morpholine rings is 1. The van der Waals surface area contributed by atoms with E-state index in [1.807, 2.05) is 6.92 Å². The van der Waals surface area contributed by atoms with E-state index in [2.05, 4.69) is 24.8 Å². The average Bonchev–Trinajstić information content (AvgIpc) is 3.23. The van der Waals surface area contributed by atoms with Crippen LogP contribution in [0.4, 0.5) is 0 Å². The summed E-state index contributed by atoms with van der Waals surface area (Å²) >= 11 is 0. The number of aliphatic imine (C=N–C) groups is 1. The van der Waals surface area contributed by atoms with Gasteiger partial charge in [0.2, 0.25) is 10.0 Å². The van der Waals surface area contributed by atoms with Gasteiger partial charge in [-0.1, -0.05) is 0 Å². The van der Waals surface area contributed by atoms with Crippen molar-refractivity contribution in [3.05, 3.63) is 0 Å². The van der Waals surface area contributed by atoms with E-state index in [0.29, 0.717) is 12.6 Å². The maximum Gasteiger partial charge on any atom is 0.213 e. The molecule has 3 aliphatic heterocycles. The fourth-order valence-electron chi connectivity index (χ4n) is 4.13. The molecular weight excluding hydrogens is 394 g/mol. The quantitative estimate of drug-likeness (QED) is 0.408. The largest absolute Gasteiger partial charge is 0.379 e. The summed E-state index contributed by atoms with van der Waals surface area (Å²) in [5.41, 5.74) is 0. The first-order valence-electron chi connectivity index (χ1n) is 11.0. The van der Waals surface area contributed by atoms with Crippen LogP contribution in [-0.4, -0.2) is 108 Å². The van der Waals surface area contributed by atoms with Crippen LogP contribution in [0.2, 0.25) is 0 Å². The van der Waals surface area contributed by atoms with Gasteiger partial charge in [0, 0.05) is 51.9 Å². The van der Waals surface area contributed by atoms with Gasteiger partial charge in [-0.15, -0.1) is 0 Å². The number of ether oxygens (including phenoxy) is 2. The van der Waals surface area contributed by atoms with Crippen molar-refractivity contribution in [2.24, 2.45) is 4.99 Å². The van der Waals surface area contributed by atoms with E-state index in [4.69, 9.17) is 9.47 Å². The summed E-state index contributed by atoms with van der Waals surface area (Å²) in [7, 11) is -3.35. The molecule has 3 rings (SSSR count). The second-order valence-corrected chi connectivity index (χ2v) is 9.85. The highest BCUT2D eigenvalue weighted by Gasteiger charge is 2.30. The Labute approximate surface area is 175 Å². The Bertz CT molecular complexity index is 618. The highest BCUT2D eigenvalue weighted by molar-refractivity contribution is 7.89. The summed E-state index contributed by atoms with van der Waals surface area (Å²) in [5.74, 6) is 0.809. The van der Waals surface area contributed by atoms with Crippen LogP contribution < -0.4 is 10.0 Å². The Balaban J connectivity index is 1.45. The molecule has 0 aliphatic carbocycles. The maximum atomic E-state index is 12.3. The number of sulfonamides is 1. The first kappa shape index (κ1) is 22.7. The van der Waals surface area contributed by atoms with E-state index < -0.39 is 10.0 Å². The van der Waals surface area contributed by atoms with Crippen molar-refractivity contribution >= 4 is 16.0 Å². The number of hydrogen-bond acceptors (Lipinski definition) is 6. The zero-order valence-corrected chi connectivity index (χ0v) is 18.5. The van der Waals surface area contributed by atoms with Crippen molar-refractivity contribution in [1.82, 2.24) is 19.8 Å². The lowest BCUT2D eigenvalue weighted by molar-refractivity contribution is 0.0194. The molecule has 0 bridgehead atoms. The monoisotopic (exact) mass is 431 g/mol. The van der Waals surface area contributed by atoms with E-state index in [1.165, 1.54) is 0 Å². The molecule has 168 valence electrons. The number of likely N-dealkylation sites (tertiary alicyclic amines) is 1. The van der Waals surface area contributed by atoms with Crippen LogP contribution in [0.25, 0.3) is 0 Å². The van der Waals surface area contributed by atoms with Crippen molar-refractivity contribution in [3.63, 3.8) is 0 Å². The van der Waals surface area contributed by atoms with Gasteiger partial charge in [0.1, 0.15) is 0 Å². The molecule has 0 saturated carbocycles. The second kappa shape index (κ2) is 11.5. The van der Waals surface area contributed by atoms with Gasteiger partial charge in [0.05, 0.1) is 31.6 Å².